The smallest absolute Gasteiger partial charge is 0.320 e. The van der Waals surface area contributed by atoms with Crippen LogP contribution in [-0.2, 0) is 6.18 Å². The molecular weight excluding hydrogens is 611 g/mol. The zero-order chi connectivity index (χ0) is 26.4. The monoisotopic (exact) mass is 625 g/mol. The van der Waals surface area contributed by atoms with Gasteiger partial charge in [0.1, 0.15) is 5.56 Å². The summed E-state index contributed by atoms with van der Waals surface area (Å²) in [4.78, 5) is 27.8. The maximum atomic E-state index is 13.9. The van der Waals surface area contributed by atoms with Crippen molar-refractivity contribution in [1.29, 1.82) is 0 Å². The lowest BCUT2D eigenvalue weighted by atomic mass is 10.0. The number of carbonyl (C=O) groups is 1. The van der Waals surface area contributed by atoms with Gasteiger partial charge in [-0.15, -0.1) is 0 Å². The van der Waals surface area contributed by atoms with Crippen molar-refractivity contribution < 1.29 is 22.9 Å². The Bertz CT molecular complexity index is 1480. The number of fused-ring (bicyclic) bond motifs is 1. The van der Waals surface area contributed by atoms with Gasteiger partial charge in [-0.3, -0.25) is 14.9 Å². The number of anilines is 1. The van der Waals surface area contributed by atoms with Crippen LogP contribution in [0.25, 0.3) is 16.9 Å². The number of halogens is 5. The highest BCUT2D eigenvalue weighted by atomic mass is 79.9. The van der Waals surface area contributed by atoms with Gasteiger partial charge < -0.3 is 5.32 Å². The van der Waals surface area contributed by atoms with Crippen LogP contribution in [0.15, 0.2) is 57.6 Å². The molecular formula is C23H16Br2F3N5O3. The second-order valence-corrected chi connectivity index (χ2v) is 9.80. The van der Waals surface area contributed by atoms with Gasteiger partial charge in [-0.1, -0.05) is 38.1 Å². The summed E-state index contributed by atoms with van der Waals surface area (Å²) in [7, 11) is 0. The van der Waals surface area contributed by atoms with Crippen LogP contribution in [0.4, 0.5) is 24.5 Å². The molecule has 8 nitrogen and oxygen atoms in total. The van der Waals surface area contributed by atoms with Crippen molar-refractivity contribution in [3.8, 4) is 11.3 Å². The van der Waals surface area contributed by atoms with Crippen LogP contribution in [0.1, 0.15) is 41.4 Å². The molecule has 0 radical (unpaired) electrons. The lowest BCUT2D eigenvalue weighted by Crippen LogP contribution is -2.16. The maximum Gasteiger partial charge on any atom is 0.433 e. The summed E-state index contributed by atoms with van der Waals surface area (Å²) in [6, 6.07) is 10.2. The van der Waals surface area contributed by atoms with Gasteiger partial charge in [0.05, 0.1) is 22.5 Å². The summed E-state index contributed by atoms with van der Waals surface area (Å²) < 4.78 is 42.6. The lowest BCUT2D eigenvalue weighted by Gasteiger charge is -2.13. The molecule has 0 aliphatic rings. The SMILES string of the molecule is CC(C)c1ccc(-c2cc(C(F)(F)F)n3ncc(C(=O)Nc4c(Br)cc([N+](=O)[O-])cc4Br)c3n2)cc1. The van der Waals surface area contributed by atoms with E-state index in [1.807, 2.05) is 26.0 Å². The number of non-ortho nitro benzene ring substituents is 1. The van der Waals surface area contributed by atoms with E-state index in [-0.39, 0.29) is 43.1 Å². The number of aromatic nitrogens is 3. The summed E-state index contributed by atoms with van der Waals surface area (Å²) >= 11 is 6.34. The van der Waals surface area contributed by atoms with E-state index >= 15 is 0 Å². The first-order valence-corrected chi connectivity index (χ1v) is 12.0. The van der Waals surface area contributed by atoms with Crippen molar-refractivity contribution in [3.05, 3.63) is 84.5 Å². The van der Waals surface area contributed by atoms with Crippen LogP contribution >= 0.6 is 31.9 Å². The number of nitro groups is 1. The third kappa shape index (κ3) is 4.98. The Labute approximate surface area is 218 Å². The zero-order valence-electron chi connectivity index (χ0n) is 18.6. The molecule has 0 atom stereocenters. The average molecular weight is 627 g/mol. The molecule has 0 aliphatic carbocycles. The van der Waals surface area contributed by atoms with Crippen molar-refractivity contribution in [2.75, 3.05) is 5.32 Å². The minimum atomic E-state index is -4.77. The van der Waals surface area contributed by atoms with Gasteiger partial charge in [-0.25, -0.2) is 9.50 Å². The number of carbonyl (C=O) groups excluding carboxylic acids is 1. The largest absolute Gasteiger partial charge is 0.433 e. The fourth-order valence-corrected chi connectivity index (χ4v) is 4.84. The van der Waals surface area contributed by atoms with Crippen molar-refractivity contribution in [2.24, 2.45) is 0 Å². The number of rotatable bonds is 5. The fourth-order valence-electron chi connectivity index (χ4n) is 3.48. The van der Waals surface area contributed by atoms with Gasteiger partial charge in [-0.05, 0) is 49.4 Å². The number of nitrogens with one attached hydrogen (secondary N) is 1. The summed E-state index contributed by atoms with van der Waals surface area (Å²) in [5, 5.41) is 17.4. The van der Waals surface area contributed by atoms with Crippen LogP contribution in [0.2, 0.25) is 0 Å². The summed E-state index contributed by atoms with van der Waals surface area (Å²) in [6.45, 7) is 4.00. The highest BCUT2D eigenvalue weighted by Crippen LogP contribution is 2.36. The van der Waals surface area contributed by atoms with Crippen LogP contribution in [0.3, 0.4) is 0 Å². The molecule has 1 amide bonds. The Morgan fingerprint density at radius 3 is 2.25 bits per heavy atom. The molecule has 2 heterocycles. The Morgan fingerprint density at radius 2 is 1.72 bits per heavy atom. The van der Waals surface area contributed by atoms with Crippen LogP contribution in [0.5, 0.6) is 0 Å². The number of alkyl halides is 3. The number of nitro benzene ring substituents is 1. The van der Waals surface area contributed by atoms with E-state index in [9.17, 15) is 28.1 Å². The number of hydrogen-bond acceptors (Lipinski definition) is 5. The maximum absolute atomic E-state index is 13.9. The molecule has 2 aromatic carbocycles. The van der Waals surface area contributed by atoms with Crippen LogP contribution < -0.4 is 5.32 Å². The quantitative estimate of drug-likeness (QED) is 0.186. The van der Waals surface area contributed by atoms with E-state index in [4.69, 9.17) is 0 Å². The first kappa shape index (κ1) is 25.8. The van der Waals surface area contributed by atoms with Gasteiger partial charge in [0, 0.05) is 26.6 Å². The summed E-state index contributed by atoms with van der Waals surface area (Å²) in [6.07, 6.45) is -3.77. The molecule has 0 aliphatic heterocycles. The normalized spacial score (nSPS) is 11.8. The average Bonchev–Trinajstić information content (AvgIpc) is 3.24. The minimum absolute atomic E-state index is 0.0254. The highest BCUT2D eigenvalue weighted by Gasteiger charge is 2.36. The standard InChI is InChI=1S/C23H16Br2F3N5O3/c1-11(2)12-3-5-13(6-4-12)18-9-19(23(26,27)28)32-21(30-18)15(10-29-32)22(34)31-20-16(24)7-14(33(35)36)8-17(20)25/h3-11H,1-2H3,(H,31,34). The number of benzene rings is 2. The van der Waals surface area contributed by atoms with E-state index in [0.717, 1.165) is 17.8 Å². The van der Waals surface area contributed by atoms with Gasteiger partial charge >= 0.3 is 6.18 Å². The molecule has 186 valence electrons. The third-order valence-electron chi connectivity index (χ3n) is 5.36. The van der Waals surface area contributed by atoms with E-state index in [1.54, 1.807) is 12.1 Å². The molecule has 0 fully saturated rings. The van der Waals surface area contributed by atoms with Crippen LogP contribution in [-0.4, -0.2) is 25.4 Å². The molecule has 13 heteroatoms. The van der Waals surface area contributed by atoms with Crippen molar-refractivity contribution in [3.63, 3.8) is 0 Å². The predicted octanol–water partition coefficient (Wildman–Crippen LogP) is 7.22. The first-order valence-electron chi connectivity index (χ1n) is 10.4. The molecule has 4 rings (SSSR count). The Hall–Kier alpha value is -3.32. The zero-order valence-corrected chi connectivity index (χ0v) is 21.8. The molecule has 4 aromatic rings. The first-order chi connectivity index (χ1) is 16.9. The topological polar surface area (TPSA) is 102 Å². The Kier molecular flexibility index (Phi) is 6.88. The van der Waals surface area contributed by atoms with E-state index in [1.165, 1.54) is 12.1 Å². The Balaban J connectivity index is 1.81. The minimum Gasteiger partial charge on any atom is -0.320 e. The van der Waals surface area contributed by atoms with Gasteiger partial charge in [0.25, 0.3) is 11.6 Å². The molecule has 0 saturated carbocycles. The van der Waals surface area contributed by atoms with E-state index < -0.39 is 22.7 Å². The van der Waals surface area contributed by atoms with Crippen LogP contribution in [0, 0.1) is 10.1 Å². The van der Waals surface area contributed by atoms with Crippen molar-refractivity contribution >= 4 is 54.8 Å². The van der Waals surface area contributed by atoms with E-state index in [2.05, 4.69) is 47.3 Å². The highest BCUT2D eigenvalue weighted by molar-refractivity contribution is 9.11. The molecule has 0 saturated heterocycles. The molecule has 36 heavy (non-hydrogen) atoms. The third-order valence-corrected chi connectivity index (χ3v) is 6.61. The van der Waals surface area contributed by atoms with Crippen molar-refractivity contribution in [1.82, 2.24) is 14.6 Å². The molecule has 0 spiro atoms. The number of amides is 1. The molecule has 0 unspecified atom stereocenters. The van der Waals surface area contributed by atoms with E-state index in [0.29, 0.717) is 10.1 Å². The summed E-state index contributed by atoms with van der Waals surface area (Å²) in [5.41, 5.74) is -0.184. The number of nitrogens with zero attached hydrogens (tertiary/aromatic N) is 4. The fraction of sp³-hybridized carbons (Fsp3) is 0.174. The predicted molar refractivity (Wildman–Crippen MR) is 134 cm³/mol. The van der Waals surface area contributed by atoms with Gasteiger partial charge in [0.2, 0.25) is 0 Å². The molecule has 1 N–H and O–H groups in total. The second-order valence-electron chi connectivity index (χ2n) is 8.09. The second kappa shape index (κ2) is 9.62. The molecule has 0 bridgehead atoms. The van der Waals surface area contributed by atoms with Crippen molar-refractivity contribution in [2.45, 2.75) is 25.9 Å². The number of hydrogen-bond donors (Lipinski definition) is 1. The lowest BCUT2D eigenvalue weighted by molar-refractivity contribution is -0.385. The Morgan fingerprint density at radius 1 is 1.11 bits per heavy atom. The van der Waals surface area contributed by atoms with Gasteiger partial charge in [-0.2, -0.15) is 18.3 Å². The van der Waals surface area contributed by atoms with Gasteiger partial charge in [0.15, 0.2) is 11.3 Å². The molecule has 2 aromatic heterocycles. The summed E-state index contributed by atoms with van der Waals surface area (Å²) in [5.74, 6) is -0.559.